The van der Waals surface area contributed by atoms with Crippen molar-refractivity contribution in [3.05, 3.63) is 11.9 Å². The Morgan fingerprint density at radius 1 is 1.05 bits per heavy atom. The lowest BCUT2D eigenvalue weighted by Crippen LogP contribution is -2.15. The number of hydrogen-bond donors (Lipinski definition) is 2. The predicted molar refractivity (Wildman–Crippen MR) is 91.2 cm³/mol. The summed E-state index contributed by atoms with van der Waals surface area (Å²) in [6.07, 6.45) is 3.44. The number of anilines is 2. The third-order valence-corrected chi connectivity index (χ3v) is 3.15. The lowest BCUT2D eigenvalue weighted by atomic mass is 10.2. The molecule has 120 valence electrons. The fourth-order valence-electron chi connectivity index (χ4n) is 1.93. The summed E-state index contributed by atoms with van der Waals surface area (Å²) in [5, 5.41) is 6.77. The first-order valence-corrected chi connectivity index (χ1v) is 8.04. The summed E-state index contributed by atoms with van der Waals surface area (Å²) >= 11 is 0. The molecule has 0 unspecified atom stereocenters. The average molecular weight is 293 g/mol. The number of unbranched alkanes of at least 4 members (excludes halogenated alkanes) is 1. The summed E-state index contributed by atoms with van der Waals surface area (Å²) < 4.78 is 0. The van der Waals surface area contributed by atoms with E-state index in [0.717, 1.165) is 49.9 Å². The first kappa shape index (κ1) is 17.7. The molecule has 0 fully saturated rings. The molecular weight excluding hydrogens is 262 g/mol. The molecule has 1 heterocycles. The number of aromatic nitrogens is 2. The van der Waals surface area contributed by atoms with Gasteiger partial charge in [0.2, 0.25) is 0 Å². The Morgan fingerprint density at radius 2 is 1.67 bits per heavy atom. The van der Waals surface area contributed by atoms with Gasteiger partial charge in [-0.3, -0.25) is 0 Å². The molecule has 0 radical (unpaired) electrons. The maximum Gasteiger partial charge on any atom is 0.135 e. The van der Waals surface area contributed by atoms with E-state index < -0.39 is 0 Å². The van der Waals surface area contributed by atoms with E-state index in [2.05, 4.69) is 60.4 Å². The van der Waals surface area contributed by atoms with Gasteiger partial charge in [0.25, 0.3) is 0 Å². The summed E-state index contributed by atoms with van der Waals surface area (Å²) in [4.78, 5) is 11.4. The van der Waals surface area contributed by atoms with E-state index >= 15 is 0 Å². The van der Waals surface area contributed by atoms with Crippen molar-refractivity contribution in [1.82, 2.24) is 14.9 Å². The van der Waals surface area contributed by atoms with Crippen LogP contribution in [0.3, 0.4) is 0 Å². The summed E-state index contributed by atoms with van der Waals surface area (Å²) in [5.74, 6) is 3.08. The van der Waals surface area contributed by atoms with E-state index in [4.69, 9.17) is 0 Å². The van der Waals surface area contributed by atoms with E-state index in [-0.39, 0.29) is 0 Å². The SMILES string of the molecule is CCCNc1cc(NCCCCN(C)C)nc(C(C)C)n1. The maximum atomic E-state index is 4.60. The van der Waals surface area contributed by atoms with Crippen molar-refractivity contribution < 1.29 is 0 Å². The molecule has 0 amide bonds. The molecule has 2 N–H and O–H groups in total. The molecule has 0 aromatic carbocycles. The Balaban J connectivity index is 2.56. The van der Waals surface area contributed by atoms with E-state index in [9.17, 15) is 0 Å². The van der Waals surface area contributed by atoms with Gasteiger partial charge in [-0.05, 0) is 39.9 Å². The van der Waals surface area contributed by atoms with Crippen LogP contribution in [0.25, 0.3) is 0 Å². The van der Waals surface area contributed by atoms with Crippen molar-refractivity contribution in [3.63, 3.8) is 0 Å². The number of nitrogens with one attached hydrogen (secondary N) is 2. The van der Waals surface area contributed by atoms with E-state index in [0.29, 0.717) is 5.92 Å². The van der Waals surface area contributed by atoms with Crippen LogP contribution in [-0.4, -0.2) is 48.6 Å². The lowest BCUT2D eigenvalue weighted by molar-refractivity contribution is 0.396. The van der Waals surface area contributed by atoms with Crippen LogP contribution in [0.15, 0.2) is 6.07 Å². The largest absolute Gasteiger partial charge is 0.370 e. The maximum absolute atomic E-state index is 4.60. The molecule has 0 spiro atoms. The van der Waals surface area contributed by atoms with Crippen LogP contribution in [0.5, 0.6) is 0 Å². The van der Waals surface area contributed by atoms with Crippen molar-refractivity contribution in [2.75, 3.05) is 44.4 Å². The highest BCUT2D eigenvalue weighted by molar-refractivity contribution is 5.47. The van der Waals surface area contributed by atoms with Crippen LogP contribution in [0, 0.1) is 0 Å². The quantitative estimate of drug-likeness (QED) is 0.649. The normalized spacial score (nSPS) is 11.2. The van der Waals surface area contributed by atoms with Gasteiger partial charge in [0.15, 0.2) is 0 Å². The van der Waals surface area contributed by atoms with Gasteiger partial charge in [0.05, 0.1) is 0 Å². The summed E-state index contributed by atoms with van der Waals surface area (Å²) in [6.45, 7) is 9.43. The Kier molecular flexibility index (Phi) is 8.05. The van der Waals surface area contributed by atoms with Gasteiger partial charge in [-0.2, -0.15) is 0 Å². The monoisotopic (exact) mass is 293 g/mol. The molecule has 0 aliphatic rings. The van der Waals surface area contributed by atoms with Gasteiger partial charge in [-0.25, -0.2) is 9.97 Å². The zero-order chi connectivity index (χ0) is 15.7. The number of nitrogens with zero attached hydrogens (tertiary/aromatic N) is 3. The molecule has 1 aromatic heterocycles. The predicted octanol–water partition coefficient (Wildman–Crippen LogP) is 3.18. The summed E-state index contributed by atoms with van der Waals surface area (Å²) in [7, 11) is 4.22. The third kappa shape index (κ3) is 7.27. The summed E-state index contributed by atoms with van der Waals surface area (Å²) in [5.41, 5.74) is 0. The van der Waals surface area contributed by atoms with Crippen molar-refractivity contribution >= 4 is 11.6 Å². The number of hydrogen-bond acceptors (Lipinski definition) is 5. The Hall–Kier alpha value is -1.36. The fraction of sp³-hybridized carbons (Fsp3) is 0.750. The molecule has 5 heteroatoms. The van der Waals surface area contributed by atoms with Gasteiger partial charge >= 0.3 is 0 Å². The molecule has 0 saturated heterocycles. The average Bonchev–Trinajstić information content (AvgIpc) is 2.44. The molecule has 0 atom stereocenters. The summed E-state index contributed by atoms with van der Waals surface area (Å²) in [6, 6.07) is 2.01. The van der Waals surface area contributed by atoms with Gasteiger partial charge in [0.1, 0.15) is 17.5 Å². The minimum atomic E-state index is 0.336. The fourth-order valence-corrected chi connectivity index (χ4v) is 1.93. The molecule has 0 bridgehead atoms. The van der Waals surface area contributed by atoms with Gasteiger partial charge in [-0.15, -0.1) is 0 Å². The second-order valence-corrected chi connectivity index (χ2v) is 6.02. The Bertz CT molecular complexity index is 404. The van der Waals surface area contributed by atoms with Crippen molar-refractivity contribution in [1.29, 1.82) is 0 Å². The molecular formula is C16H31N5. The van der Waals surface area contributed by atoms with Crippen LogP contribution in [0.4, 0.5) is 11.6 Å². The van der Waals surface area contributed by atoms with Crippen molar-refractivity contribution in [3.8, 4) is 0 Å². The van der Waals surface area contributed by atoms with E-state index in [1.54, 1.807) is 0 Å². The van der Waals surface area contributed by atoms with Gasteiger partial charge < -0.3 is 15.5 Å². The van der Waals surface area contributed by atoms with E-state index in [1.165, 1.54) is 6.42 Å². The van der Waals surface area contributed by atoms with Crippen LogP contribution in [0.1, 0.15) is 51.8 Å². The highest BCUT2D eigenvalue weighted by atomic mass is 15.1. The molecule has 0 aliphatic heterocycles. The van der Waals surface area contributed by atoms with E-state index in [1.807, 2.05) is 6.07 Å². The van der Waals surface area contributed by atoms with Crippen molar-refractivity contribution in [2.24, 2.45) is 0 Å². The van der Waals surface area contributed by atoms with Gasteiger partial charge in [-0.1, -0.05) is 20.8 Å². The third-order valence-electron chi connectivity index (χ3n) is 3.15. The highest BCUT2D eigenvalue weighted by Crippen LogP contribution is 2.17. The molecule has 0 saturated carbocycles. The minimum absolute atomic E-state index is 0.336. The minimum Gasteiger partial charge on any atom is -0.370 e. The Labute approximate surface area is 129 Å². The zero-order valence-corrected chi connectivity index (χ0v) is 14.2. The standard InChI is InChI=1S/C16H31N5/c1-6-9-17-14-12-15(20-16(19-14)13(2)3)18-10-7-8-11-21(4)5/h12-13H,6-11H2,1-5H3,(H2,17,18,19,20). The molecule has 0 aliphatic carbocycles. The Morgan fingerprint density at radius 3 is 2.19 bits per heavy atom. The highest BCUT2D eigenvalue weighted by Gasteiger charge is 2.07. The molecule has 1 aromatic rings. The van der Waals surface area contributed by atoms with Gasteiger partial charge in [0, 0.05) is 25.1 Å². The molecule has 5 nitrogen and oxygen atoms in total. The first-order valence-electron chi connectivity index (χ1n) is 8.04. The topological polar surface area (TPSA) is 53.1 Å². The van der Waals surface area contributed by atoms with Crippen molar-refractivity contribution in [2.45, 2.75) is 46.0 Å². The lowest BCUT2D eigenvalue weighted by Gasteiger charge is -2.13. The van der Waals surface area contributed by atoms with Crippen LogP contribution in [-0.2, 0) is 0 Å². The van der Waals surface area contributed by atoms with Crippen LogP contribution in [0.2, 0.25) is 0 Å². The second kappa shape index (κ2) is 9.55. The molecule has 1 rings (SSSR count). The molecule has 21 heavy (non-hydrogen) atoms. The second-order valence-electron chi connectivity index (χ2n) is 6.02. The smallest absolute Gasteiger partial charge is 0.135 e. The van der Waals surface area contributed by atoms with Crippen LogP contribution < -0.4 is 10.6 Å². The first-order chi connectivity index (χ1) is 10.0. The number of rotatable bonds is 10. The van der Waals surface area contributed by atoms with Crippen LogP contribution >= 0.6 is 0 Å². The zero-order valence-electron chi connectivity index (χ0n) is 14.2.